The van der Waals surface area contributed by atoms with Crippen LogP contribution in [0.3, 0.4) is 0 Å². The van der Waals surface area contributed by atoms with Crippen molar-refractivity contribution < 1.29 is 14.6 Å². The van der Waals surface area contributed by atoms with Crippen LogP contribution in [0.25, 0.3) is 11.3 Å². The largest absolute Gasteiger partial charge is 0.508 e. The van der Waals surface area contributed by atoms with E-state index >= 15 is 0 Å². The Morgan fingerprint density at radius 3 is 2.35 bits per heavy atom. The van der Waals surface area contributed by atoms with Gasteiger partial charge < -0.3 is 19.1 Å². The average molecular weight is 351 g/mol. The molecule has 0 saturated heterocycles. The van der Waals surface area contributed by atoms with Gasteiger partial charge in [-0.25, -0.2) is 0 Å². The monoisotopic (exact) mass is 351 g/mol. The summed E-state index contributed by atoms with van der Waals surface area (Å²) < 4.78 is 12.3. The molecule has 0 spiro atoms. The van der Waals surface area contributed by atoms with E-state index in [1.807, 2.05) is 48.5 Å². The zero-order valence-electron chi connectivity index (χ0n) is 14.8. The molecular formula is C21H21NO4. The van der Waals surface area contributed by atoms with Gasteiger partial charge in [-0.05, 0) is 29.7 Å². The van der Waals surface area contributed by atoms with Crippen LogP contribution in [0.2, 0.25) is 0 Å². The summed E-state index contributed by atoms with van der Waals surface area (Å²) in [5, 5.41) is 9.85. The van der Waals surface area contributed by atoms with E-state index in [9.17, 15) is 9.90 Å². The number of pyridine rings is 1. The second-order valence-corrected chi connectivity index (χ2v) is 5.89. The average Bonchev–Trinajstić information content (AvgIpc) is 2.67. The fourth-order valence-electron chi connectivity index (χ4n) is 2.94. The van der Waals surface area contributed by atoms with Crippen LogP contribution in [-0.2, 0) is 13.0 Å². The number of aromatic nitrogens is 1. The highest BCUT2D eigenvalue weighted by molar-refractivity contribution is 5.61. The number of nitrogens with zero attached hydrogens (tertiary/aromatic N) is 1. The van der Waals surface area contributed by atoms with E-state index in [1.54, 1.807) is 24.9 Å². The zero-order valence-corrected chi connectivity index (χ0v) is 14.8. The van der Waals surface area contributed by atoms with Gasteiger partial charge in [-0.1, -0.05) is 36.4 Å². The third kappa shape index (κ3) is 3.72. The van der Waals surface area contributed by atoms with Crippen LogP contribution in [0.4, 0.5) is 0 Å². The van der Waals surface area contributed by atoms with Gasteiger partial charge in [0.2, 0.25) is 0 Å². The standard InChI is InChI=1S/C21H21NO4/c1-25-19-9-8-15(12-20(19)26-2)10-11-22-18(13-17(23)14-21(22)24)16-6-4-3-5-7-16/h3-9,12-14,23H,10-11H2,1-2H3. The molecule has 0 atom stereocenters. The minimum atomic E-state index is -0.232. The number of hydrogen-bond donors (Lipinski definition) is 1. The molecule has 0 fully saturated rings. The van der Waals surface area contributed by atoms with Crippen molar-refractivity contribution in [3.05, 3.63) is 76.6 Å². The molecule has 0 aliphatic heterocycles. The third-order valence-corrected chi connectivity index (χ3v) is 4.25. The first-order valence-corrected chi connectivity index (χ1v) is 8.32. The molecule has 26 heavy (non-hydrogen) atoms. The molecule has 0 saturated carbocycles. The molecule has 1 aromatic heterocycles. The summed E-state index contributed by atoms with van der Waals surface area (Å²) in [6.45, 7) is 0.485. The normalized spacial score (nSPS) is 10.5. The summed E-state index contributed by atoms with van der Waals surface area (Å²) in [6.07, 6.45) is 0.644. The lowest BCUT2D eigenvalue weighted by Gasteiger charge is -2.14. The number of aryl methyl sites for hydroxylation is 1. The lowest BCUT2D eigenvalue weighted by atomic mass is 10.1. The summed E-state index contributed by atoms with van der Waals surface area (Å²) in [4.78, 5) is 12.4. The Morgan fingerprint density at radius 1 is 0.923 bits per heavy atom. The van der Waals surface area contributed by atoms with Crippen molar-refractivity contribution in [3.8, 4) is 28.5 Å². The van der Waals surface area contributed by atoms with E-state index in [2.05, 4.69) is 0 Å². The zero-order chi connectivity index (χ0) is 18.5. The van der Waals surface area contributed by atoms with Gasteiger partial charge in [0.1, 0.15) is 5.75 Å². The molecule has 0 amide bonds. The Kier molecular flexibility index (Phi) is 5.27. The molecule has 1 N–H and O–H groups in total. The van der Waals surface area contributed by atoms with E-state index in [-0.39, 0.29) is 11.3 Å². The molecule has 3 aromatic rings. The van der Waals surface area contributed by atoms with Gasteiger partial charge in [0, 0.05) is 18.7 Å². The molecule has 1 heterocycles. The minimum absolute atomic E-state index is 0.0313. The Morgan fingerprint density at radius 2 is 1.65 bits per heavy atom. The summed E-state index contributed by atoms with van der Waals surface area (Å²) in [5.41, 5.74) is 2.37. The first-order chi connectivity index (χ1) is 12.6. The van der Waals surface area contributed by atoms with Crippen molar-refractivity contribution in [1.82, 2.24) is 4.57 Å². The molecule has 0 radical (unpaired) electrons. The Labute approximate surface area is 152 Å². The molecule has 2 aromatic carbocycles. The summed E-state index contributed by atoms with van der Waals surface area (Å²) in [5.74, 6) is 1.30. The lowest BCUT2D eigenvalue weighted by Crippen LogP contribution is -2.21. The van der Waals surface area contributed by atoms with Gasteiger partial charge in [-0.2, -0.15) is 0 Å². The molecular weight excluding hydrogens is 330 g/mol. The highest BCUT2D eigenvalue weighted by Gasteiger charge is 2.10. The van der Waals surface area contributed by atoms with Crippen LogP contribution >= 0.6 is 0 Å². The van der Waals surface area contributed by atoms with E-state index in [4.69, 9.17) is 9.47 Å². The molecule has 5 heteroatoms. The number of methoxy groups -OCH3 is 2. The molecule has 0 unspecified atom stereocenters. The summed E-state index contributed by atoms with van der Waals surface area (Å²) in [6, 6.07) is 18.1. The SMILES string of the molecule is COc1ccc(CCn2c(-c3ccccc3)cc(O)cc2=O)cc1OC. The number of rotatable bonds is 6. The highest BCUT2D eigenvalue weighted by atomic mass is 16.5. The number of aromatic hydroxyl groups is 1. The van der Waals surface area contributed by atoms with Gasteiger partial charge in [-0.15, -0.1) is 0 Å². The van der Waals surface area contributed by atoms with Crippen molar-refractivity contribution in [1.29, 1.82) is 0 Å². The van der Waals surface area contributed by atoms with Crippen molar-refractivity contribution in [2.24, 2.45) is 0 Å². The van der Waals surface area contributed by atoms with Crippen molar-refractivity contribution in [2.75, 3.05) is 14.2 Å². The summed E-state index contributed by atoms with van der Waals surface area (Å²) >= 11 is 0. The molecule has 0 bridgehead atoms. The fourth-order valence-corrected chi connectivity index (χ4v) is 2.94. The molecule has 0 aliphatic rings. The van der Waals surface area contributed by atoms with Crippen LogP contribution in [0.5, 0.6) is 17.2 Å². The Balaban J connectivity index is 1.92. The molecule has 134 valence electrons. The van der Waals surface area contributed by atoms with Crippen molar-refractivity contribution in [2.45, 2.75) is 13.0 Å². The van der Waals surface area contributed by atoms with Gasteiger partial charge in [0.05, 0.1) is 19.9 Å². The first kappa shape index (κ1) is 17.6. The molecule has 0 aliphatic carbocycles. The third-order valence-electron chi connectivity index (χ3n) is 4.25. The maximum Gasteiger partial charge on any atom is 0.254 e. The van der Waals surface area contributed by atoms with Gasteiger partial charge in [-0.3, -0.25) is 4.79 Å². The van der Waals surface area contributed by atoms with Crippen LogP contribution in [0.1, 0.15) is 5.56 Å². The van der Waals surface area contributed by atoms with Gasteiger partial charge in [0.15, 0.2) is 11.5 Å². The maximum absolute atomic E-state index is 12.4. The van der Waals surface area contributed by atoms with Crippen LogP contribution in [-0.4, -0.2) is 23.9 Å². The van der Waals surface area contributed by atoms with Crippen molar-refractivity contribution in [3.63, 3.8) is 0 Å². The fraction of sp³-hybridized carbons (Fsp3) is 0.190. The second kappa shape index (κ2) is 7.78. The number of ether oxygens (including phenoxy) is 2. The smallest absolute Gasteiger partial charge is 0.254 e. The second-order valence-electron chi connectivity index (χ2n) is 5.89. The van der Waals surface area contributed by atoms with Gasteiger partial charge in [0.25, 0.3) is 5.56 Å². The predicted molar refractivity (Wildman–Crippen MR) is 101 cm³/mol. The lowest BCUT2D eigenvalue weighted by molar-refractivity contribution is 0.354. The molecule has 3 rings (SSSR count). The van der Waals surface area contributed by atoms with Crippen LogP contribution in [0, 0.1) is 0 Å². The van der Waals surface area contributed by atoms with E-state index in [0.717, 1.165) is 11.1 Å². The highest BCUT2D eigenvalue weighted by Crippen LogP contribution is 2.28. The van der Waals surface area contributed by atoms with Crippen LogP contribution < -0.4 is 15.0 Å². The minimum Gasteiger partial charge on any atom is -0.508 e. The van der Waals surface area contributed by atoms with Gasteiger partial charge >= 0.3 is 0 Å². The topological polar surface area (TPSA) is 60.7 Å². The van der Waals surface area contributed by atoms with E-state index < -0.39 is 0 Å². The Bertz CT molecular complexity index is 948. The first-order valence-electron chi connectivity index (χ1n) is 8.32. The van der Waals surface area contributed by atoms with E-state index in [0.29, 0.717) is 30.2 Å². The van der Waals surface area contributed by atoms with Crippen LogP contribution in [0.15, 0.2) is 65.5 Å². The van der Waals surface area contributed by atoms with E-state index in [1.165, 1.54) is 6.07 Å². The number of hydrogen-bond acceptors (Lipinski definition) is 4. The van der Waals surface area contributed by atoms with Crippen molar-refractivity contribution >= 4 is 0 Å². The quantitative estimate of drug-likeness (QED) is 0.739. The maximum atomic E-state index is 12.4. The Hall–Kier alpha value is -3.21. The number of benzene rings is 2. The summed E-state index contributed by atoms with van der Waals surface area (Å²) in [7, 11) is 3.19. The predicted octanol–water partition coefficient (Wildman–Crippen LogP) is 3.48. The molecule has 5 nitrogen and oxygen atoms in total.